The van der Waals surface area contributed by atoms with Crippen molar-refractivity contribution in [3.63, 3.8) is 0 Å². The maximum absolute atomic E-state index is 12.1. The first-order valence-electron chi connectivity index (χ1n) is 6.60. The third-order valence-corrected chi connectivity index (χ3v) is 5.15. The van der Waals surface area contributed by atoms with Gasteiger partial charge in [0.25, 0.3) is 0 Å². The van der Waals surface area contributed by atoms with E-state index in [1.54, 1.807) is 6.92 Å². The van der Waals surface area contributed by atoms with Crippen LogP contribution in [0.15, 0.2) is 0 Å². The molecule has 0 saturated carbocycles. The first kappa shape index (κ1) is 16.4. The van der Waals surface area contributed by atoms with Crippen LogP contribution in [0.3, 0.4) is 0 Å². The number of sulfonamides is 1. The van der Waals surface area contributed by atoms with E-state index in [9.17, 15) is 18.3 Å². The predicted octanol–water partition coefficient (Wildman–Crippen LogP) is -0.0648. The Balaban J connectivity index is 2.54. The van der Waals surface area contributed by atoms with Crippen molar-refractivity contribution >= 4 is 15.9 Å². The van der Waals surface area contributed by atoms with Gasteiger partial charge in [-0.3, -0.25) is 4.79 Å². The van der Waals surface area contributed by atoms with Gasteiger partial charge in [0.1, 0.15) is 0 Å². The average molecular weight is 292 g/mol. The lowest BCUT2D eigenvalue weighted by Gasteiger charge is -2.33. The molecule has 1 heterocycles. The van der Waals surface area contributed by atoms with Crippen LogP contribution < -0.4 is 5.32 Å². The van der Waals surface area contributed by atoms with Crippen molar-refractivity contribution in [3.05, 3.63) is 0 Å². The van der Waals surface area contributed by atoms with Gasteiger partial charge in [-0.25, -0.2) is 12.7 Å². The quantitative estimate of drug-likeness (QED) is 0.743. The standard InChI is InChI=1S/C12H24N2O4S/c1-4-12(2,9-15)13-11(16)10-5-7-14(8-6-10)19(3,17)18/h10,15H,4-9H2,1-3H3,(H,13,16). The number of nitrogens with one attached hydrogen (secondary N) is 1. The fraction of sp³-hybridized carbons (Fsp3) is 0.917. The number of hydrogen-bond donors (Lipinski definition) is 2. The van der Waals surface area contributed by atoms with Crippen LogP contribution in [0.2, 0.25) is 0 Å². The third-order valence-electron chi connectivity index (χ3n) is 3.85. The van der Waals surface area contributed by atoms with Crippen LogP contribution in [-0.4, -0.2) is 55.2 Å². The number of nitrogens with zero attached hydrogens (tertiary/aromatic N) is 1. The van der Waals surface area contributed by atoms with Gasteiger partial charge < -0.3 is 10.4 Å². The van der Waals surface area contributed by atoms with Crippen molar-refractivity contribution in [1.82, 2.24) is 9.62 Å². The van der Waals surface area contributed by atoms with Crippen molar-refractivity contribution in [2.75, 3.05) is 26.0 Å². The highest BCUT2D eigenvalue weighted by Gasteiger charge is 2.32. The maximum atomic E-state index is 12.1. The molecule has 7 heteroatoms. The molecule has 1 saturated heterocycles. The van der Waals surface area contributed by atoms with Crippen molar-refractivity contribution in [1.29, 1.82) is 0 Å². The summed E-state index contributed by atoms with van der Waals surface area (Å²) in [5.74, 6) is -0.262. The molecule has 0 bridgehead atoms. The Morgan fingerprint density at radius 2 is 1.95 bits per heavy atom. The number of hydrogen-bond acceptors (Lipinski definition) is 4. The van der Waals surface area contributed by atoms with E-state index in [0.29, 0.717) is 32.4 Å². The van der Waals surface area contributed by atoms with Gasteiger partial charge >= 0.3 is 0 Å². The van der Waals surface area contributed by atoms with E-state index < -0.39 is 15.6 Å². The van der Waals surface area contributed by atoms with Gasteiger partial charge in [-0.1, -0.05) is 6.92 Å². The molecule has 19 heavy (non-hydrogen) atoms. The molecule has 1 atom stereocenters. The van der Waals surface area contributed by atoms with Crippen molar-refractivity contribution in [3.8, 4) is 0 Å². The fourth-order valence-electron chi connectivity index (χ4n) is 2.09. The summed E-state index contributed by atoms with van der Waals surface area (Å²) >= 11 is 0. The minimum Gasteiger partial charge on any atom is -0.394 e. The number of rotatable bonds is 5. The molecule has 1 rings (SSSR count). The molecule has 1 aliphatic heterocycles. The second kappa shape index (κ2) is 6.19. The highest BCUT2D eigenvalue weighted by atomic mass is 32.2. The van der Waals surface area contributed by atoms with E-state index in [0.717, 1.165) is 0 Å². The van der Waals surface area contributed by atoms with Gasteiger partial charge in [0.15, 0.2) is 0 Å². The largest absolute Gasteiger partial charge is 0.394 e. The van der Waals surface area contributed by atoms with Crippen LogP contribution in [0.1, 0.15) is 33.1 Å². The molecular weight excluding hydrogens is 268 g/mol. The van der Waals surface area contributed by atoms with Crippen LogP contribution >= 0.6 is 0 Å². The van der Waals surface area contributed by atoms with Crippen molar-refractivity contribution in [2.45, 2.75) is 38.6 Å². The Kier molecular flexibility index (Phi) is 5.34. The van der Waals surface area contributed by atoms with E-state index in [-0.39, 0.29) is 18.4 Å². The Labute approximate surface area is 115 Å². The smallest absolute Gasteiger partial charge is 0.223 e. The van der Waals surface area contributed by atoms with Gasteiger partial charge in [0.05, 0.1) is 18.4 Å². The summed E-state index contributed by atoms with van der Waals surface area (Å²) in [4.78, 5) is 12.1. The fourth-order valence-corrected chi connectivity index (χ4v) is 2.96. The second-order valence-electron chi connectivity index (χ2n) is 5.50. The number of aliphatic hydroxyl groups excluding tert-OH is 1. The van der Waals surface area contributed by atoms with Gasteiger partial charge in [-0.2, -0.15) is 0 Å². The molecule has 1 aliphatic rings. The SMILES string of the molecule is CCC(C)(CO)NC(=O)C1CCN(S(C)(=O)=O)CC1. The molecule has 0 aromatic heterocycles. The number of piperidine rings is 1. The van der Waals surface area contributed by atoms with E-state index in [4.69, 9.17) is 0 Å². The summed E-state index contributed by atoms with van der Waals surface area (Å²) in [5, 5.41) is 12.1. The van der Waals surface area contributed by atoms with Crippen LogP contribution in [0.4, 0.5) is 0 Å². The summed E-state index contributed by atoms with van der Waals surface area (Å²) in [6.07, 6.45) is 2.90. The summed E-state index contributed by atoms with van der Waals surface area (Å²) < 4.78 is 24.2. The van der Waals surface area contributed by atoms with Crippen molar-refractivity contribution in [2.24, 2.45) is 5.92 Å². The van der Waals surface area contributed by atoms with Crippen LogP contribution in [0.5, 0.6) is 0 Å². The Bertz CT molecular complexity index is 409. The summed E-state index contributed by atoms with van der Waals surface area (Å²) in [6, 6.07) is 0. The van der Waals surface area contributed by atoms with E-state index in [1.165, 1.54) is 10.6 Å². The molecule has 2 N–H and O–H groups in total. The first-order chi connectivity index (χ1) is 8.72. The topological polar surface area (TPSA) is 86.7 Å². The summed E-state index contributed by atoms with van der Waals surface area (Å²) in [6.45, 7) is 4.38. The molecule has 1 amide bonds. The maximum Gasteiger partial charge on any atom is 0.223 e. The molecule has 6 nitrogen and oxygen atoms in total. The highest BCUT2D eigenvalue weighted by molar-refractivity contribution is 7.88. The Morgan fingerprint density at radius 1 is 1.42 bits per heavy atom. The molecule has 0 spiro atoms. The van der Waals surface area contributed by atoms with Gasteiger partial charge in [-0.15, -0.1) is 0 Å². The number of carbonyl (C=O) groups excluding carboxylic acids is 1. The van der Waals surface area contributed by atoms with E-state index in [2.05, 4.69) is 5.32 Å². The second-order valence-corrected chi connectivity index (χ2v) is 7.48. The molecule has 0 radical (unpaired) electrons. The molecular formula is C12H24N2O4S. The number of carbonyl (C=O) groups is 1. The molecule has 0 aliphatic carbocycles. The average Bonchev–Trinajstić information content (AvgIpc) is 2.37. The van der Waals surface area contributed by atoms with Gasteiger partial charge in [0, 0.05) is 19.0 Å². The normalized spacial score (nSPS) is 21.9. The summed E-state index contributed by atoms with van der Waals surface area (Å²) in [7, 11) is -3.16. The van der Waals surface area contributed by atoms with Gasteiger partial charge in [-0.05, 0) is 26.2 Å². The Hall–Kier alpha value is -0.660. The van der Waals surface area contributed by atoms with Crippen LogP contribution in [0.25, 0.3) is 0 Å². The lowest BCUT2D eigenvalue weighted by molar-refractivity contribution is -0.128. The zero-order valence-corrected chi connectivity index (χ0v) is 12.7. The molecule has 112 valence electrons. The minimum absolute atomic E-state index is 0.0912. The van der Waals surface area contributed by atoms with Gasteiger partial charge in [0.2, 0.25) is 15.9 Å². The monoisotopic (exact) mass is 292 g/mol. The van der Waals surface area contributed by atoms with E-state index >= 15 is 0 Å². The number of aliphatic hydroxyl groups is 1. The van der Waals surface area contributed by atoms with Crippen molar-refractivity contribution < 1.29 is 18.3 Å². The van der Waals surface area contributed by atoms with Crippen LogP contribution in [0, 0.1) is 5.92 Å². The zero-order valence-electron chi connectivity index (χ0n) is 11.8. The third kappa shape index (κ3) is 4.43. The molecule has 0 aromatic carbocycles. The predicted molar refractivity (Wildman–Crippen MR) is 73.1 cm³/mol. The first-order valence-corrected chi connectivity index (χ1v) is 8.44. The van der Waals surface area contributed by atoms with E-state index in [1.807, 2.05) is 6.92 Å². The minimum atomic E-state index is -3.16. The molecule has 0 aromatic rings. The lowest BCUT2D eigenvalue weighted by atomic mass is 9.94. The zero-order chi connectivity index (χ0) is 14.7. The Morgan fingerprint density at radius 3 is 2.32 bits per heavy atom. The summed E-state index contributed by atoms with van der Waals surface area (Å²) in [5.41, 5.74) is -0.592. The van der Waals surface area contributed by atoms with Crippen LogP contribution in [-0.2, 0) is 14.8 Å². The number of amides is 1. The molecule has 1 fully saturated rings. The lowest BCUT2D eigenvalue weighted by Crippen LogP contribution is -2.52. The molecule has 1 unspecified atom stereocenters. The highest BCUT2D eigenvalue weighted by Crippen LogP contribution is 2.20.